The molecule has 3 rings (SSSR count). The fraction of sp³-hybridized carbons (Fsp3) is 0.600. The van der Waals surface area contributed by atoms with Crippen LogP contribution in [0, 0.1) is 27.9 Å². The van der Waals surface area contributed by atoms with E-state index in [2.05, 4.69) is 12.2 Å². The molecule has 2 aliphatic rings. The monoisotopic (exact) mass is 294 g/mol. The second kappa shape index (κ2) is 5.24. The van der Waals surface area contributed by atoms with E-state index in [0.717, 1.165) is 11.8 Å². The fourth-order valence-corrected chi connectivity index (χ4v) is 4.20. The van der Waals surface area contributed by atoms with Crippen molar-refractivity contribution in [1.82, 2.24) is 0 Å². The first-order valence-electron chi connectivity index (χ1n) is 7.25. The molecule has 1 aromatic rings. The maximum atomic E-state index is 11.1. The van der Waals surface area contributed by atoms with Gasteiger partial charge in [0.05, 0.1) is 4.92 Å². The van der Waals surface area contributed by atoms with E-state index >= 15 is 0 Å². The zero-order valence-electron chi connectivity index (χ0n) is 11.5. The summed E-state index contributed by atoms with van der Waals surface area (Å²) >= 11 is 5.84. The van der Waals surface area contributed by atoms with E-state index in [1.807, 2.05) is 0 Å². The van der Waals surface area contributed by atoms with Crippen LogP contribution in [0.4, 0.5) is 11.4 Å². The van der Waals surface area contributed by atoms with E-state index < -0.39 is 0 Å². The van der Waals surface area contributed by atoms with Crippen molar-refractivity contribution in [2.45, 2.75) is 38.6 Å². The van der Waals surface area contributed by atoms with Crippen LogP contribution in [0.1, 0.15) is 32.6 Å². The van der Waals surface area contributed by atoms with Gasteiger partial charge in [0.15, 0.2) is 0 Å². The van der Waals surface area contributed by atoms with Crippen molar-refractivity contribution >= 4 is 23.0 Å². The molecule has 108 valence electrons. The Balaban J connectivity index is 1.76. The Morgan fingerprint density at radius 1 is 1.40 bits per heavy atom. The molecule has 2 aliphatic carbocycles. The molecular weight excluding hydrogens is 276 g/mol. The first-order valence-corrected chi connectivity index (χ1v) is 7.63. The van der Waals surface area contributed by atoms with Crippen molar-refractivity contribution in [1.29, 1.82) is 0 Å². The molecule has 20 heavy (non-hydrogen) atoms. The lowest BCUT2D eigenvalue weighted by atomic mass is 9.84. The number of halogens is 1. The maximum absolute atomic E-state index is 11.1. The smallest absolute Gasteiger partial charge is 0.293 e. The zero-order valence-corrected chi connectivity index (χ0v) is 12.3. The van der Waals surface area contributed by atoms with Crippen molar-refractivity contribution in [3.05, 3.63) is 33.3 Å². The van der Waals surface area contributed by atoms with Crippen LogP contribution in [-0.2, 0) is 0 Å². The normalized spacial score (nSPS) is 29.4. The Morgan fingerprint density at radius 3 is 2.80 bits per heavy atom. The van der Waals surface area contributed by atoms with E-state index in [0.29, 0.717) is 16.6 Å². The number of nitrogens with zero attached hydrogens (tertiary/aromatic N) is 1. The summed E-state index contributed by atoms with van der Waals surface area (Å²) in [6.07, 6.45) is 5.30. The first-order chi connectivity index (χ1) is 9.54. The van der Waals surface area contributed by atoms with Crippen molar-refractivity contribution in [3.63, 3.8) is 0 Å². The standard InChI is InChI=1S/C15H19ClN2O2/c1-9(13-7-10-2-3-11(13)6-10)17-14-5-4-12(16)8-15(14)18(19)20/h4-5,8-11,13,17H,2-3,6-7H2,1H3. The molecular formula is C15H19ClN2O2. The van der Waals surface area contributed by atoms with Crippen LogP contribution < -0.4 is 5.32 Å². The van der Waals surface area contributed by atoms with Gasteiger partial charge in [0.25, 0.3) is 5.69 Å². The average molecular weight is 295 g/mol. The predicted octanol–water partition coefficient (Wildman–Crippen LogP) is 4.48. The molecule has 0 radical (unpaired) electrons. The summed E-state index contributed by atoms with van der Waals surface area (Å²) in [5, 5.41) is 14.9. The van der Waals surface area contributed by atoms with E-state index in [9.17, 15) is 10.1 Å². The number of rotatable bonds is 4. The number of benzene rings is 1. The van der Waals surface area contributed by atoms with Crippen LogP contribution in [0.25, 0.3) is 0 Å². The van der Waals surface area contributed by atoms with Gasteiger partial charge in [-0.05, 0) is 56.1 Å². The summed E-state index contributed by atoms with van der Waals surface area (Å²) in [5.74, 6) is 2.33. The molecule has 1 N–H and O–H groups in total. The number of hydrogen-bond donors (Lipinski definition) is 1. The van der Waals surface area contributed by atoms with Crippen molar-refractivity contribution in [2.24, 2.45) is 17.8 Å². The summed E-state index contributed by atoms with van der Waals surface area (Å²) in [4.78, 5) is 10.7. The SMILES string of the molecule is CC(Nc1ccc(Cl)cc1[N+](=O)[O-])C1CC2CCC1C2. The minimum absolute atomic E-state index is 0.0625. The quantitative estimate of drug-likeness (QED) is 0.658. The average Bonchev–Trinajstić information content (AvgIpc) is 3.03. The van der Waals surface area contributed by atoms with Gasteiger partial charge in [0.2, 0.25) is 0 Å². The van der Waals surface area contributed by atoms with Crippen LogP contribution >= 0.6 is 11.6 Å². The van der Waals surface area contributed by atoms with Gasteiger partial charge >= 0.3 is 0 Å². The summed E-state index contributed by atoms with van der Waals surface area (Å²) in [5.41, 5.74) is 0.641. The van der Waals surface area contributed by atoms with Gasteiger partial charge in [-0.15, -0.1) is 0 Å². The lowest BCUT2D eigenvalue weighted by molar-refractivity contribution is -0.384. The third-order valence-electron chi connectivity index (χ3n) is 4.97. The van der Waals surface area contributed by atoms with E-state index in [-0.39, 0.29) is 16.7 Å². The number of nitro groups is 1. The lowest BCUT2D eigenvalue weighted by Crippen LogP contribution is -2.30. The molecule has 1 aromatic carbocycles. The molecule has 2 saturated carbocycles. The van der Waals surface area contributed by atoms with Crippen LogP contribution in [0.5, 0.6) is 0 Å². The molecule has 0 aromatic heterocycles. The number of anilines is 1. The van der Waals surface area contributed by atoms with Crippen LogP contribution in [0.15, 0.2) is 18.2 Å². The molecule has 0 spiro atoms. The van der Waals surface area contributed by atoms with E-state index in [4.69, 9.17) is 11.6 Å². The van der Waals surface area contributed by atoms with Crippen LogP contribution in [-0.4, -0.2) is 11.0 Å². The molecule has 0 heterocycles. The van der Waals surface area contributed by atoms with Gasteiger partial charge in [0.1, 0.15) is 5.69 Å². The van der Waals surface area contributed by atoms with Gasteiger partial charge in [-0.2, -0.15) is 0 Å². The Kier molecular flexibility index (Phi) is 3.59. The molecule has 5 heteroatoms. The largest absolute Gasteiger partial charge is 0.377 e. The number of fused-ring (bicyclic) bond motifs is 2. The van der Waals surface area contributed by atoms with Crippen LogP contribution in [0.2, 0.25) is 5.02 Å². The van der Waals surface area contributed by atoms with Crippen molar-refractivity contribution < 1.29 is 4.92 Å². The van der Waals surface area contributed by atoms with Crippen molar-refractivity contribution in [3.8, 4) is 0 Å². The fourth-order valence-electron chi connectivity index (χ4n) is 4.04. The molecule has 4 unspecified atom stereocenters. The summed E-state index contributed by atoms with van der Waals surface area (Å²) in [6.45, 7) is 2.14. The van der Waals surface area contributed by atoms with E-state index in [1.54, 1.807) is 12.1 Å². The Morgan fingerprint density at radius 2 is 2.20 bits per heavy atom. The number of nitro benzene ring substituents is 1. The predicted molar refractivity (Wildman–Crippen MR) is 80.1 cm³/mol. The Hall–Kier alpha value is -1.29. The molecule has 2 bridgehead atoms. The highest BCUT2D eigenvalue weighted by Crippen LogP contribution is 2.50. The minimum Gasteiger partial charge on any atom is -0.377 e. The van der Waals surface area contributed by atoms with E-state index in [1.165, 1.54) is 31.7 Å². The number of nitrogens with one attached hydrogen (secondary N) is 1. The van der Waals surface area contributed by atoms with Gasteiger partial charge in [-0.25, -0.2) is 0 Å². The molecule has 0 saturated heterocycles. The molecule has 0 amide bonds. The second-order valence-electron chi connectivity index (χ2n) is 6.19. The van der Waals surface area contributed by atoms with Crippen molar-refractivity contribution in [2.75, 3.05) is 5.32 Å². The topological polar surface area (TPSA) is 55.2 Å². The summed E-state index contributed by atoms with van der Waals surface area (Å²) in [7, 11) is 0. The third-order valence-corrected chi connectivity index (χ3v) is 5.21. The third kappa shape index (κ3) is 2.49. The molecule has 0 aliphatic heterocycles. The van der Waals surface area contributed by atoms with Gasteiger partial charge in [0, 0.05) is 17.1 Å². The first kappa shape index (κ1) is 13.7. The Labute approximate surface area is 123 Å². The number of hydrogen-bond acceptors (Lipinski definition) is 3. The van der Waals surface area contributed by atoms with Gasteiger partial charge in [-0.3, -0.25) is 10.1 Å². The van der Waals surface area contributed by atoms with Gasteiger partial charge in [-0.1, -0.05) is 18.0 Å². The summed E-state index contributed by atoms with van der Waals surface area (Å²) < 4.78 is 0. The van der Waals surface area contributed by atoms with Crippen LogP contribution in [0.3, 0.4) is 0 Å². The summed E-state index contributed by atoms with van der Waals surface area (Å²) in [6, 6.07) is 5.09. The molecule has 4 atom stereocenters. The maximum Gasteiger partial charge on any atom is 0.293 e. The van der Waals surface area contributed by atoms with Gasteiger partial charge < -0.3 is 5.32 Å². The molecule has 4 nitrogen and oxygen atoms in total. The highest BCUT2D eigenvalue weighted by atomic mass is 35.5. The second-order valence-corrected chi connectivity index (χ2v) is 6.63. The highest BCUT2D eigenvalue weighted by molar-refractivity contribution is 6.30. The zero-order chi connectivity index (χ0) is 14.3. The Bertz CT molecular complexity index is 535. The lowest BCUT2D eigenvalue weighted by Gasteiger charge is -2.29. The highest BCUT2D eigenvalue weighted by Gasteiger charge is 2.42. The minimum atomic E-state index is -0.373. The molecule has 2 fully saturated rings.